The topological polar surface area (TPSA) is 12.0 Å². The second kappa shape index (κ2) is 4.14. The zero-order chi connectivity index (χ0) is 8.20. The van der Waals surface area contributed by atoms with Gasteiger partial charge in [0, 0.05) is 0 Å². The Morgan fingerprint density at radius 3 is 1.80 bits per heavy atom. The number of rotatable bonds is 4. The van der Waals surface area contributed by atoms with Crippen LogP contribution in [0.3, 0.4) is 0 Å². The second-order valence-electron chi connectivity index (χ2n) is 3.88. The maximum Gasteiger partial charge on any atom is 0.0634 e. The van der Waals surface area contributed by atoms with E-state index in [0.29, 0.717) is 0 Å². The molecule has 0 rings (SSSR count). The van der Waals surface area contributed by atoms with Gasteiger partial charge in [0.1, 0.15) is 0 Å². The summed E-state index contributed by atoms with van der Waals surface area (Å²) in [5.74, 6) is 0. The lowest BCUT2D eigenvalue weighted by molar-refractivity contribution is 0.627. The minimum absolute atomic E-state index is 0.803. The van der Waals surface area contributed by atoms with Crippen molar-refractivity contribution in [3.05, 3.63) is 0 Å². The lowest BCUT2D eigenvalue weighted by atomic mass is 10.5. The van der Waals surface area contributed by atoms with E-state index in [-0.39, 0.29) is 0 Å². The summed E-state index contributed by atoms with van der Waals surface area (Å²) in [5, 5.41) is 3.53. The molecule has 0 aromatic rings. The van der Waals surface area contributed by atoms with Crippen molar-refractivity contribution in [2.24, 2.45) is 0 Å². The summed E-state index contributed by atoms with van der Waals surface area (Å²) in [4.78, 5) is 0. The van der Waals surface area contributed by atoms with Crippen LogP contribution in [0, 0.1) is 0 Å². The first-order valence-electron chi connectivity index (χ1n) is 4.25. The molecule has 0 spiro atoms. The Labute approximate surface area is 66.2 Å². The Bertz CT molecular complexity index is 85.7. The molecule has 0 aliphatic heterocycles. The molecule has 10 heavy (non-hydrogen) atoms. The molecule has 1 N–H and O–H groups in total. The average Bonchev–Trinajstić information content (AvgIpc) is 1.80. The van der Waals surface area contributed by atoms with Crippen LogP contribution in [-0.2, 0) is 0 Å². The van der Waals surface area contributed by atoms with Gasteiger partial charge in [0.25, 0.3) is 0 Å². The molecule has 0 saturated heterocycles. The van der Waals surface area contributed by atoms with Crippen molar-refractivity contribution in [3.8, 4) is 0 Å². The van der Waals surface area contributed by atoms with Crippen LogP contribution in [0.4, 0.5) is 0 Å². The van der Waals surface area contributed by atoms with E-state index >= 15 is 0 Å². The highest BCUT2D eigenvalue weighted by molar-refractivity contribution is 6.77. The van der Waals surface area contributed by atoms with Crippen LogP contribution in [0.1, 0.15) is 20.3 Å². The van der Waals surface area contributed by atoms with Crippen molar-refractivity contribution in [1.82, 2.24) is 5.32 Å². The summed E-state index contributed by atoms with van der Waals surface area (Å²) < 4.78 is 0. The van der Waals surface area contributed by atoms with Gasteiger partial charge in [0.2, 0.25) is 0 Å². The standard InChI is InChI=1S/C8H21NSi/c1-6-8(9-7-2)10(3,4)5/h8-9H,6-7H2,1-5H3. The van der Waals surface area contributed by atoms with Crippen LogP contribution < -0.4 is 5.32 Å². The lowest BCUT2D eigenvalue weighted by Crippen LogP contribution is -2.48. The van der Waals surface area contributed by atoms with Crippen molar-refractivity contribution >= 4 is 8.07 Å². The summed E-state index contributed by atoms with van der Waals surface area (Å²) in [6, 6.07) is 0. The number of nitrogens with one attached hydrogen (secondary N) is 1. The summed E-state index contributed by atoms with van der Waals surface area (Å²) in [7, 11) is -0.919. The molecule has 0 bridgehead atoms. The maximum absolute atomic E-state index is 3.53. The smallest absolute Gasteiger partial charge is 0.0634 e. The molecule has 0 amide bonds. The molecular formula is C8H21NSi. The van der Waals surface area contributed by atoms with Crippen LogP contribution in [0.5, 0.6) is 0 Å². The Morgan fingerprint density at radius 1 is 1.20 bits per heavy atom. The third kappa shape index (κ3) is 3.37. The van der Waals surface area contributed by atoms with E-state index in [1.54, 1.807) is 0 Å². The SMILES string of the molecule is CCNC(CC)[Si](C)(C)C. The Kier molecular flexibility index (Phi) is 4.21. The molecule has 0 heterocycles. The number of hydrogen-bond acceptors (Lipinski definition) is 1. The summed E-state index contributed by atoms with van der Waals surface area (Å²) in [6.45, 7) is 12.8. The molecule has 1 unspecified atom stereocenters. The molecule has 0 aliphatic carbocycles. The number of hydrogen-bond donors (Lipinski definition) is 1. The van der Waals surface area contributed by atoms with Crippen molar-refractivity contribution in [1.29, 1.82) is 0 Å². The average molecular weight is 159 g/mol. The van der Waals surface area contributed by atoms with Crippen LogP contribution >= 0.6 is 0 Å². The summed E-state index contributed by atoms with van der Waals surface area (Å²) in [5.41, 5.74) is 0.803. The quantitative estimate of drug-likeness (QED) is 0.620. The zero-order valence-electron chi connectivity index (χ0n) is 7.99. The van der Waals surface area contributed by atoms with Gasteiger partial charge in [-0.2, -0.15) is 0 Å². The Balaban J connectivity index is 3.81. The van der Waals surface area contributed by atoms with Gasteiger partial charge in [-0.3, -0.25) is 0 Å². The second-order valence-corrected chi connectivity index (χ2v) is 9.31. The van der Waals surface area contributed by atoms with Gasteiger partial charge in [-0.25, -0.2) is 0 Å². The molecule has 0 aliphatic rings. The van der Waals surface area contributed by atoms with Crippen LogP contribution in [-0.4, -0.2) is 20.3 Å². The van der Waals surface area contributed by atoms with Crippen LogP contribution in [0.25, 0.3) is 0 Å². The monoisotopic (exact) mass is 159 g/mol. The van der Waals surface area contributed by atoms with Gasteiger partial charge >= 0.3 is 0 Å². The van der Waals surface area contributed by atoms with Crippen molar-refractivity contribution in [2.45, 2.75) is 45.6 Å². The van der Waals surface area contributed by atoms with E-state index in [9.17, 15) is 0 Å². The highest BCUT2D eigenvalue weighted by atomic mass is 28.3. The molecule has 0 aromatic carbocycles. The van der Waals surface area contributed by atoms with E-state index in [4.69, 9.17) is 0 Å². The third-order valence-corrected chi connectivity index (χ3v) is 4.61. The minimum Gasteiger partial charge on any atom is -0.317 e. The molecule has 0 aromatic heterocycles. The largest absolute Gasteiger partial charge is 0.317 e. The summed E-state index contributed by atoms with van der Waals surface area (Å²) >= 11 is 0. The van der Waals surface area contributed by atoms with E-state index in [1.807, 2.05) is 0 Å². The van der Waals surface area contributed by atoms with E-state index < -0.39 is 8.07 Å². The van der Waals surface area contributed by atoms with E-state index in [2.05, 4.69) is 38.8 Å². The fourth-order valence-electron chi connectivity index (χ4n) is 1.31. The molecule has 0 saturated carbocycles. The van der Waals surface area contributed by atoms with E-state index in [0.717, 1.165) is 12.2 Å². The van der Waals surface area contributed by atoms with Crippen molar-refractivity contribution in [2.75, 3.05) is 6.54 Å². The maximum atomic E-state index is 3.53. The zero-order valence-corrected chi connectivity index (χ0v) is 8.99. The van der Waals surface area contributed by atoms with E-state index in [1.165, 1.54) is 6.42 Å². The van der Waals surface area contributed by atoms with Crippen molar-refractivity contribution in [3.63, 3.8) is 0 Å². The van der Waals surface area contributed by atoms with Gasteiger partial charge in [0.05, 0.1) is 8.07 Å². The third-order valence-electron chi connectivity index (χ3n) is 1.90. The fourth-order valence-corrected chi connectivity index (χ4v) is 3.35. The Morgan fingerprint density at radius 2 is 1.70 bits per heavy atom. The van der Waals surface area contributed by atoms with Crippen LogP contribution in [0.15, 0.2) is 0 Å². The molecular weight excluding hydrogens is 138 g/mol. The Hall–Kier alpha value is 0.177. The predicted molar refractivity (Wildman–Crippen MR) is 51.1 cm³/mol. The normalized spacial score (nSPS) is 15.3. The molecule has 2 heteroatoms. The fraction of sp³-hybridized carbons (Fsp3) is 1.00. The first kappa shape index (κ1) is 10.2. The minimum atomic E-state index is -0.919. The van der Waals surface area contributed by atoms with Gasteiger partial charge in [0.15, 0.2) is 0 Å². The summed E-state index contributed by atoms with van der Waals surface area (Å²) in [6.07, 6.45) is 1.28. The molecule has 0 radical (unpaired) electrons. The molecule has 1 nitrogen and oxygen atoms in total. The van der Waals surface area contributed by atoms with Gasteiger partial charge in [-0.05, 0) is 18.6 Å². The highest BCUT2D eigenvalue weighted by Crippen LogP contribution is 2.09. The van der Waals surface area contributed by atoms with Gasteiger partial charge < -0.3 is 5.32 Å². The molecule has 1 atom stereocenters. The van der Waals surface area contributed by atoms with Crippen LogP contribution in [0.2, 0.25) is 19.6 Å². The van der Waals surface area contributed by atoms with Crippen molar-refractivity contribution < 1.29 is 0 Å². The molecule has 62 valence electrons. The van der Waals surface area contributed by atoms with Gasteiger partial charge in [-0.1, -0.05) is 33.5 Å². The highest BCUT2D eigenvalue weighted by Gasteiger charge is 2.23. The first-order chi connectivity index (χ1) is 4.52. The predicted octanol–water partition coefficient (Wildman–Crippen LogP) is 2.25. The lowest BCUT2D eigenvalue weighted by Gasteiger charge is -2.28. The van der Waals surface area contributed by atoms with Gasteiger partial charge in [-0.15, -0.1) is 0 Å². The first-order valence-corrected chi connectivity index (χ1v) is 7.83. The molecule has 0 fully saturated rings.